The van der Waals surface area contributed by atoms with E-state index in [2.05, 4.69) is 19.2 Å². The summed E-state index contributed by atoms with van der Waals surface area (Å²) in [5, 5.41) is 3.46. The highest BCUT2D eigenvalue weighted by Gasteiger charge is 2.25. The van der Waals surface area contributed by atoms with Crippen molar-refractivity contribution in [2.75, 3.05) is 25.5 Å². The molecule has 0 spiro atoms. The van der Waals surface area contributed by atoms with Crippen molar-refractivity contribution < 1.29 is 9.53 Å². The molecule has 5 heteroatoms. The van der Waals surface area contributed by atoms with Crippen LogP contribution in [0.1, 0.15) is 20.3 Å². The molecule has 2 amide bonds. The number of ether oxygens (including phenoxy) is 1. The Kier molecular flexibility index (Phi) is 4.76. The highest BCUT2D eigenvalue weighted by molar-refractivity contribution is 6.31. The number of nitrogens with zero attached hydrogens (tertiary/aromatic N) is 1. The molecule has 0 aliphatic carbocycles. The molecule has 0 saturated carbocycles. The van der Waals surface area contributed by atoms with Gasteiger partial charge in [0.25, 0.3) is 0 Å². The van der Waals surface area contributed by atoms with E-state index in [9.17, 15) is 4.79 Å². The Hall–Kier alpha value is -1.42. The highest BCUT2D eigenvalue weighted by Crippen LogP contribution is 2.28. The number of nitrogens with one attached hydrogen (secondary N) is 1. The van der Waals surface area contributed by atoms with Gasteiger partial charge in [0, 0.05) is 18.1 Å². The normalized spacial score (nSPS) is 22.5. The van der Waals surface area contributed by atoms with Crippen molar-refractivity contribution >= 4 is 23.3 Å². The van der Waals surface area contributed by atoms with Crippen LogP contribution in [-0.4, -0.2) is 31.1 Å². The standard InChI is InChI=1S/C15H21ClN2O2/c1-10-6-11(2)9-18(8-10)15(19)17-13-7-12(16)4-5-14(13)20-3/h4-5,7,10-11H,6,8-9H2,1-3H3,(H,17,19)/t10-,11+. The molecular weight excluding hydrogens is 276 g/mol. The van der Waals surface area contributed by atoms with Gasteiger partial charge < -0.3 is 15.0 Å². The lowest BCUT2D eigenvalue weighted by molar-refractivity contribution is 0.156. The molecule has 1 aromatic carbocycles. The maximum absolute atomic E-state index is 12.4. The smallest absolute Gasteiger partial charge is 0.321 e. The summed E-state index contributed by atoms with van der Waals surface area (Å²) in [6.45, 7) is 5.93. The maximum atomic E-state index is 12.4. The first kappa shape index (κ1) is 15.0. The van der Waals surface area contributed by atoms with Crippen molar-refractivity contribution in [2.24, 2.45) is 11.8 Å². The molecular formula is C15H21ClN2O2. The summed E-state index contributed by atoms with van der Waals surface area (Å²) in [5.74, 6) is 1.68. The number of anilines is 1. The van der Waals surface area contributed by atoms with Crippen LogP contribution >= 0.6 is 11.6 Å². The zero-order valence-corrected chi connectivity index (χ0v) is 12.9. The molecule has 2 rings (SSSR count). The van der Waals surface area contributed by atoms with Gasteiger partial charge in [-0.3, -0.25) is 0 Å². The van der Waals surface area contributed by atoms with Gasteiger partial charge in [0.2, 0.25) is 0 Å². The second kappa shape index (κ2) is 6.35. The monoisotopic (exact) mass is 296 g/mol. The lowest BCUT2D eigenvalue weighted by Gasteiger charge is -2.35. The van der Waals surface area contributed by atoms with Crippen molar-refractivity contribution in [1.29, 1.82) is 0 Å². The van der Waals surface area contributed by atoms with E-state index in [0.29, 0.717) is 28.3 Å². The third-order valence-electron chi connectivity index (χ3n) is 3.56. The molecule has 0 radical (unpaired) electrons. The Labute approximate surface area is 125 Å². The van der Waals surface area contributed by atoms with Gasteiger partial charge in [-0.05, 0) is 36.5 Å². The topological polar surface area (TPSA) is 41.6 Å². The Balaban J connectivity index is 2.09. The molecule has 1 fully saturated rings. The van der Waals surface area contributed by atoms with Gasteiger partial charge in [0.05, 0.1) is 12.8 Å². The number of amides is 2. The fourth-order valence-corrected chi connectivity index (χ4v) is 2.97. The van der Waals surface area contributed by atoms with Gasteiger partial charge in [-0.1, -0.05) is 25.4 Å². The van der Waals surface area contributed by atoms with Crippen LogP contribution in [0.4, 0.5) is 10.5 Å². The molecule has 1 aliphatic rings. The van der Waals surface area contributed by atoms with E-state index in [4.69, 9.17) is 16.3 Å². The van der Waals surface area contributed by atoms with Crippen LogP contribution in [0.25, 0.3) is 0 Å². The Morgan fingerprint density at radius 2 is 2.00 bits per heavy atom. The molecule has 1 aliphatic heterocycles. The van der Waals surface area contributed by atoms with E-state index in [1.807, 2.05) is 4.90 Å². The Morgan fingerprint density at radius 1 is 1.35 bits per heavy atom. The summed E-state index contributed by atoms with van der Waals surface area (Å²) in [5.41, 5.74) is 0.607. The second-order valence-electron chi connectivity index (χ2n) is 5.63. The largest absolute Gasteiger partial charge is 0.495 e. The van der Waals surface area contributed by atoms with Crippen molar-refractivity contribution in [3.63, 3.8) is 0 Å². The maximum Gasteiger partial charge on any atom is 0.321 e. The molecule has 1 saturated heterocycles. The molecule has 0 bridgehead atoms. The van der Waals surface area contributed by atoms with Gasteiger partial charge in [0.15, 0.2) is 0 Å². The van der Waals surface area contributed by atoms with Crippen molar-refractivity contribution in [3.8, 4) is 5.75 Å². The zero-order chi connectivity index (χ0) is 14.7. The van der Waals surface area contributed by atoms with Gasteiger partial charge in [-0.15, -0.1) is 0 Å². The first-order chi connectivity index (χ1) is 9.49. The number of rotatable bonds is 2. The van der Waals surface area contributed by atoms with Crippen LogP contribution in [0, 0.1) is 11.8 Å². The zero-order valence-electron chi connectivity index (χ0n) is 12.1. The number of piperidine rings is 1. The SMILES string of the molecule is COc1ccc(Cl)cc1NC(=O)N1C[C@H](C)C[C@H](C)C1. The minimum absolute atomic E-state index is 0.0935. The van der Waals surface area contributed by atoms with Crippen molar-refractivity contribution in [2.45, 2.75) is 20.3 Å². The van der Waals surface area contributed by atoms with Gasteiger partial charge in [0.1, 0.15) is 5.75 Å². The Morgan fingerprint density at radius 3 is 2.60 bits per heavy atom. The summed E-state index contributed by atoms with van der Waals surface area (Å²) >= 11 is 5.97. The van der Waals surface area contributed by atoms with Crippen LogP contribution in [0.15, 0.2) is 18.2 Å². The summed E-state index contributed by atoms with van der Waals surface area (Å²) in [7, 11) is 1.57. The number of benzene rings is 1. The molecule has 1 heterocycles. The summed E-state index contributed by atoms with van der Waals surface area (Å²) < 4.78 is 5.24. The van der Waals surface area contributed by atoms with Crippen LogP contribution in [0.2, 0.25) is 5.02 Å². The third-order valence-corrected chi connectivity index (χ3v) is 3.79. The average molecular weight is 297 g/mol. The van der Waals surface area contributed by atoms with Crippen LogP contribution in [0.5, 0.6) is 5.75 Å². The number of likely N-dealkylation sites (tertiary alicyclic amines) is 1. The first-order valence-electron chi connectivity index (χ1n) is 6.89. The predicted molar refractivity (Wildman–Crippen MR) is 81.5 cm³/mol. The fourth-order valence-electron chi connectivity index (χ4n) is 2.80. The summed E-state index contributed by atoms with van der Waals surface area (Å²) in [6, 6.07) is 5.10. The number of carbonyl (C=O) groups is 1. The van der Waals surface area contributed by atoms with E-state index in [-0.39, 0.29) is 6.03 Å². The van der Waals surface area contributed by atoms with Gasteiger partial charge >= 0.3 is 6.03 Å². The van der Waals surface area contributed by atoms with E-state index in [1.54, 1.807) is 25.3 Å². The number of halogens is 1. The number of urea groups is 1. The molecule has 0 unspecified atom stereocenters. The van der Waals surface area contributed by atoms with E-state index < -0.39 is 0 Å². The summed E-state index contributed by atoms with van der Waals surface area (Å²) in [4.78, 5) is 14.2. The predicted octanol–water partition coefficient (Wildman–Crippen LogP) is 3.86. The number of hydrogen-bond acceptors (Lipinski definition) is 2. The molecule has 110 valence electrons. The van der Waals surface area contributed by atoms with Crippen molar-refractivity contribution in [3.05, 3.63) is 23.2 Å². The quantitative estimate of drug-likeness (QED) is 0.900. The van der Waals surface area contributed by atoms with E-state index in [0.717, 1.165) is 13.1 Å². The number of hydrogen-bond donors (Lipinski definition) is 1. The van der Waals surface area contributed by atoms with Gasteiger partial charge in [-0.2, -0.15) is 0 Å². The number of carbonyl (C=O) groups excluding carboxylic acids is 1. The lowest BCUT2D eigenvalue weighted by atomic mass is 9.92. The molecule has 1 aromatic rings. The molecule has 20 heavy (non-hydrogen) atoms. The van der Waals surface area contributed by atoms with Crippen LogP contribution in [-0.2, 0) is 0 Å². The molecule has 1 N–H and O–H groups in total. The third kappa shape index (κ3) is 3.57. The highest BCUT2D eigenvalue weighted by atomic mass is 35.5. The van der Waals surface area contributed by atoms with Crippen LogP contribution < -0.4 is 10.1 Å². The summed E-state index contributed by atoms with van der Waals surface area (Å²) in [6.07, 6.45) is 1.17. The average Bonchev–Trinajstić information content (AvgIpc) is 2.37. The first-order valence-corrected chi connectivity index (χ1v) is 7.27. The fraction of sp³-hybridized carbons (Fsp3) is 0.533. The minimum atomic E-state index is -0.0935. The minimum Gasteiger partial charge on any atom is -0.495 e. The van der Waals surface area contributed by atoms with E-state index >= 15 is 0 Å². The van der Waals surface area contributed by atoms with Crippen molar-refractivity contribution in [1.82, 2.24) is 4.90 Å². The second-order valence-corrected chi connectivity index (χ2v) is 6.06. The lowest BCUT2D eigenvalue weighted by Crippen LogP contribution is -2.44. The van der Waals surface area contributed by atoms with Gasteiger partial charge in [-0.25, -0.2) is 4.79 Å². The van der Waals surface area contributed by atoms with E-state index in [1.165, 1.54) is 6.42 Å². The van der Waals surface area contributed by atoms with Crippen LogP contribution in [0.3, 0.4) is 0 Å². The molecule has 0 aromatic heterocycles. The molecule has 4 nitrogen and oxygen atoms in total. The molecule has 2 atom stereocenters. The Bertz CT molecular complexity index is 483. The number of methoxy groups -OCH3 is 1.